The molecule has 1 aliphatic heterocycles. The number of furan rings is 1. The summed E-state index contributed by atoms with van der Waals surface area (Å²) < 4.78 is 6.44. The Morgan fingerprint density at radius 2 is 2.07 bits per heavy atom. The van der Waals surface area contributed by atoms with Crippen molar-refractivity contribution in [3.8, 4) is 0 Å². The Balaban J connectivity index is 1.93. The molecule has 2 nitrogen and oxygen atoms in total. The molecule has 1 saturated heterocycles. The van der Waals surface area contributed by atoms with E-state index in [1.165, 1.54) is 13.1 Å². The summed E-state index contributed by atoms with van der Waals surface area (Å²) in [4.78, 5) is 2.46. The average molecular weight is 258 g/mol. The zero-order valence-electron chi connectivity index (χ0n) is 8.66. The third kappa shape index (κ3) is 2.20. The van der Waals surface area contributed by atoms with Crippen LogP contribution in [0.15, 0.2) is 21.2 Å². The Bertz CT molecular complexity index is 300. The van der Waals surface area contributed by atoms with Crippen LogP contribution in [0.3, 0.4) is 0 Å². The van der Waals surface area contributed by atoms with Gasteiger partial charge in [0.1, 0.15) is 12.0 Å². The minimum atomic E-state index is 0.813. The fraction of sp³-hybridized carbons (Fsp3) is 0.636. The Kier molecular flexibility index (Phi) is 2.98. The molecule has 0 spiro atoms. The van der Waals surface area contributed by atoms with E-state index in [1.54, 1.807) is 6.26 Å². The molecule has 2 atom stereocenters. The normalized spacial score (nSPS) is 28.5. The minimum absolute atomic E-state index is 0.813. The van der Waals surface area contributed by atoms with Crippen LogP contribution >= 0.6 is 15.9 Å². The van der Waals surface area contributed by atoms with Gasteiger partial charge in [0.05, 0.1) is 11.0 Å². The van der Waals surface area contributed by atoms with Gasteiger partial charge in [-0.3, -0.25) is 4.90 Å². The fourth-order valence-electron chi connectivity index (χ4n) is 2.04. The second-order valence-corrected chi connectivity index (χ2v) is 5.30. The number of hydrogen-bond donors (Lipinski definition) is 0. The van der Waals surface area contributed by atoms with Crippen molar-refractivity contribution >= 4 is 15.9 Å². The van der Waals surface area contributed by atoms with Gasteiger partial charge < -0.3 is 4.42 Å². The highest BCUT2D eigenvalue weighted by Crippen LogP contribution is 2.24. The zero-order valence-corrected chi connectivity index (χ0v) is 10.3. The quantitative estimate of drug-likeness (QED) is 0.810. The minimum Gasteiger partial charge on any atom is -0.467 e. The molecule has 0 bridgehead atoms. The van der Waals surface area contributed by atoms with E-state index < -0.39 is 0 Å². The summed E-state index contributed by atoms with van der Waals surface area (Å²) in [6.45, 7) is 7.98. The highest BCUT2D eigenvalue weighted by atomic mass is 79.9. The summed E-state index contributed by atoms with van der Waals surface area (Å²) in [6, 6.07) is 2.05. The van der Waals surface area contributed by atoms with Crippen molar-refractivity contribution < 1.29 is 4.42 Å². The zero-order chi connectivity index (χ0) is 10.1. The van der Waals surface area contributed by atoms with Crippen molar-refractivity contribution in [1.29, 1.82) is 0 Å². The maximum atomic E-state index is 5.41. The molecular formula is C11H16BrNO. The van der Waals surface area contributed by atoms with Gasteiger partial charge in [0.15, 0.2) is 0 Å². The molecule has 0 aliphatic carbocycles. The van der Waals surface area contributed by atoms with Gasteiger partial charge in [-0.15, -0.1) is 0 Å². The van der Waals surface area contributed by atoms with Crippen molar-refractivity contribution in [2.75, 3.05) is 13.1 Å². The van der Waals surface area contributed by atoms with Gasteiger partial charge >= 0.3 is 0 Å². The Labute approximate surface area is 93.4 Å². The maximum Gasteiger partial charge on any atom is 0.118 e. The summed E-state index contributed by atoms with van der Waals surface area (Å²) >= 11 is 3.39. The second-order valence-electron chi connectivity index (χ2n) is 4.38. The van der Waals surface area contributed by atoms with Gasteiger partial charge in [-0.05, 0) is 33.8 Å². The van der Waals surface area contributed by atoms with Crippen molar-refractivity contribution in [3.05, 3.63) is 22.6 Å². The lowest BCUT2D eigenvalue weighted by Crippen LogP contribution is -2.19. The molecule has 1 aliphatic rings. The number of likely N-dealkylation sites (tertiary alicyclic amines) is 1. The molecule has 2 rings (SSSR count). The van der Waals surface area contributed by atoms with Crippen LogP contribution in [0, 0.1) is 11.8 Å². The number of rotatable bonds is 2. The first-order valence-electron chi connectivity index (χ1n) is 5.10. The Morgan fingerprint density at radius 3 is 2.57 bits per heavy atom. The summed E-state index contributed by atoms with van der Waals surface area (Å²) in [5.74, 6) is 2.68. The van der Waals surface area contributed by atoms with Crippen molar-refractivity contribution in [2.45, 2.75) is 20.4 Å². The molecule has 1 aromatic heterocycles. The summed E-state index contributed by atoms with van der Waals surface area (Å²) in [7, 11) is 0. The van der Waals surface area contributed by atoms with Crippen molar-refractivity contribution in [3.63, 3.8) is 0 Å². The summed E-state index contributed by atoms with van der Waals surface area (Å²) in [6.07, 6.45) is 1.75. The molecule has 3 heteroatoms. The van der Waals surface area contributed by atoms with Gasteiger partial charge in [0.2, 0.25) is 0 Å². The van der Waals surface area contributed by atoms with E-state index in [0.717, 1.165) is 28.6 Å². The number of hydrogen-bond acceptors (Lipinski definition) is 2. The van der Waals surface area contributed by atoms with Crippen LogP contribution in [0.2, 0.25) is 0 Å². The van der Waals surface area contributed by atoms with Crippen LogP contribution in [-0.4, -0.2) is 18.0 Å². The molecular weight excluding hydrogens is 242 g/mol. The lowest BCUT2D eigenvalue weighted by molar-refractivity contribution is 0.285. The van der Waals surface area contributed by atoms with E-state index in [-0.39, 0.29) is 0 Å². The smallest absolute Gasteiger partial charge is 0.118 e. The molecule has 1 fully saturated rings. The first-order chi connectivity index (χ1) is 6.65. The molecule has 14 heavy (non-hydrogen) atoms. The molecule has 0 unspecified atom stereocenters. The van der Waals surface area contributed by atoms with Crippen LogP contribution < -0.4 is 0 Å². The van der Waals surface area contributed by atoms with Gasteiger partial charge in [0.25, 0.3) is 0 Å². The molecule has 2 heterocycles. The second kappa shape index (κ2) is 4.07. The number of nitrogens with zero attached hydrogens (tertiary/aromatic N) is 1. The van der Waals surface area contributed by atoms with E-state index in [0.29, 0.717) is 0 Å². The van der Waals surface area contributed by atoms with Gasteiger partial charge in [0, 0.05) is 13.1 Å². The molecule has 0 radical (unpaired) electrons. The highest BCUT2D eigenvalue weighted by molar-refractivity contribution is 9.10. The first kappa shape index (κ1) is 10.2. The standard InChI is InChI=1S/C11H16BrNO/c1-8-4-13(5-9(8)2)6-11-3-10(12)7-14-11/h3,7-9H,4-6H2,1-2H3/t8-,9-/m1/s1. The Hall–Kier alpha value is -0.280. The topological polar surface area (TPSA) is 16.4 Å². The van der Waals surface area contributed by atoms with Crippen LogP contribution in [-0.2, 0) is 6.54 Å². The lowest BCUT2D eigenvalue weighted by atomic mass is 10.0. The Morgan fingerprint density at radius 1 is 1.43 bits per heavy atom. The monoisotopic (exact) mass is 257 g/mol. The average Bonchev–Trinajstić information content (AvgIpc) is 2.62. The maximum absolute atomic E-state index is 5.41. The van der Waals surface area contributed by atoms with Gasteiger partial charge in [-0.25, -0.2) is 0 Å². The lowest BCUT2D eigenvalue weighted by Gasteiger charge is -2.12. The van der Waals surface area contributed by atoms with E-state index in [1.807, 2.05) is 6.07 Å². The van der Waals surface area contributed by atoms with Crippen LogP contribution in [0.25, 0.3) is 0 Å². The largest absolute Gasteiger partial charge is 0.467 e. The van der Waals surface area contributed by atoms with E-state index >= 15 is 0 Å². The predicted octanol–water partition coefficient (Wildman–Crippen LogP) is 3.13. The third-order valence-corrected chi connectivity index (χ3v) is 3.48. The van der Waals surface area contributed by atoms with E-state index in [9.17, 15) is 0 Å². The molecule has 0 N–H and O–H groups in total. The third-order valence-electron chi connectivity index (χ3n) is 3.06. The van der Waals surface area contributed by atoms with Crippen molar-refractivity contribution in [2.24, 2.45) is 11.8 Å². The summed E-state index contributed by atoms with van der Waals surface area (Å²) in [5.41, 5.74) is 0. The van der Waals surface area contributed by atoms with Crippen LogP contribution in [0.5, 0.6) is 0 Å². The van der Waals surface area contributed by atoms with Crippen LogP contribution in [0.4, 0.5) is 0 Å². The number of halogens is 1. The molecule has 0 amide bonds. The van der Waals surface area contributed by atoms with Crippen molar-refractivity contribution in [1.82, 2.24) is 4.90 Å². The van der Waals surface area contributed by atoms with E-state index in [2.05, 4.69) is 34.7 Å². The summed E-state index contributed by atoms with van der Waals surface area (Å²) in [5, 5.41) is 0. The molecule has 0 aromatic carbocycles. The van der Waals surface area contributed by atoms with Crippen LogP contribution in [0.1, 0.15) is 19.6 Å². The highest BCUT2D eigenvalue weighted by Gasteiger charge is 2.26. The predicted molar refractivity (Wildman–Crippen MR) is 60.0 cm³/mol. The van der Waals surface area contributed by atoms with Gasteiger partial charge in [-0.2, -0.15) is 0 Å². The fourth-order valence-corrected chi connectivity index (χ4v) is 2.38. The molecule has 0 saturated carbocycles. The molecule has 1 aromatic rings. The van der Waals surface area contributed by atoms with E-state index in [4.69, 9.17) is 4.42 Å². The molecule has 78 valence electrons. The SMILES string of the molecule is C[C@@H]1CN(Cc2cc(Br)co2)C[C@H]1C. The first-order valence-corrected chi connectivity index (χ1v) is 5.89. The van der Waals surface area contributed by atoms with Gasteiger partial charge in [-0.1, -0.05) is 13.8 Å².